The van der Waals surface area contributed by atoms with Gasteiger partial charge in [0.1, 0.15) is 11.6 Å². The van der Waals surface area contributed by atoms with Crippen LogP contribution in [0.1, 0.15) is 38.4 Å². The van der Waals surface area contributed by atoms with Crippen LogP contribution in [0.4, 0.5) is 24.8 Å². The lowest BCUT2D eigenvalue weighted by atomic mass is 10.00. The van der Waals surface area contributed by atoms with E-state index in [1.54, 1.807) is 0 Å². The topological polar surface area (TPSA) is 63.8 Å². The minimum absolute atomic E-state index is 0.0814. The number of aromatic nitrogens is 2. The molecule has 2 rings (SSSR count). The van der Waals surface area contributed by atoms with Gasteiger partial charge in [-0.05, 0) is 25.7 Å². The van der Waals surface area contributed by atoms with Crippen molar-refractivity contribution < 1.29 is 13.2 Å². The Bertz CT molecular complexity index is 441. The molecular formula is C12H17F3N4. The summed E-state index contributed by atoms with van der Waals surface area (Å²) < 4.78 is 37.7. The van der Waals surface area contributed by atoms with E-state index in [1.165, 1.54) is 18.9 Å². The maximum Gasteiger partial charge on any atom is 0.451 e. The van der Waals surface area contributed by atoms with Crippen molar-refractivity contribution in [3.63, 3.8) is 0 Å². The van der Waals surface area contributed by atoms with Crippen molar-refractivity contribution in [2.45, 2.75) is 44.8 Å². The molecule has 1 heterocycles. The summed E-state index contributed by atoms with van der Waals surface area (Å²) in [5, 5.41) is 3.01. The van der Waals surface area contributed by atoms with Crippen molar-refractivity contribution in [2.75, 3.05) is 11.1 Å². The van der Waals surface area contributed by atoms with Crippen LogP contribution in [-0.4, -0.2) is 16.0 Å². The Hall–Kier alpha value is -1.53. The molecule has 3 N–H and O–H groups in total. The number of alkyl halides is 3. The van der Waals surface area contributed by atoms with Gasteiger partial charge in [-0.1, -0.05) is 12.8 Å². The number of nitrogens with two attached hydrogens (primary N) is 1. The molecule has 0 saturated heterocycles. The van der Waals surface area contributed by atoms with Gasteiger partial charge in [0, 0.05) is 12.1 Å². The first-order chi connectivity index (χ1) is 8.86. The molecule has 4 nitrogen and oxygen atoms in total. The number of hydrogen-bond donors (Lipinski definition) is 2. The molecule has 1 aromatic heterocycles. The summed E-state index contributed by atoms with van der Waals surface area (Å²) in [5.74, 6) is -0.762. The normalized spacial score (nSPS) is 18.5. The molecule has 1 unspecified atom stereocenters. The van der Waals surface area contributed by atoms with Gasteiger partial charge in [-0.15, -0.1) is 0 Å². The fraction of sp³-hybridized carbons (Fsp3) is 0.667. The maximum atomic E-state index is 12.6. The van der Waals surface area contributed by atoms with Crippen LogP contribution in [-0.2, 0) is 6.18 Å². The lowest BCUT2D eigenvalue weighted by Gasteiger charge is -2.21. The molecule has 0 amide bonds. The molecule has 1 aliphatic carbocycles. The van der Waals surface area contributed by atoms with E-state index in [1.807, 2.05) is 6.92 Å². The minimum Gasteiger partial charge on any atom is -0.384 e. The van der Waals surface area contributed by atoms with E-state index >= 15 is 0 Å². The van der Waals surface area contributed by atoms with Crippen LogP contribution in [0.15, 0.2) is 6.07 Å². The lowest BCUT2D eigenvalue weighted by molar-refractivity contribution is -0.144. The Morgan fingerprint density at radius 2 is 1.95 bits per heavy atom. The highest BCUT2D eigenvalue weighted by Crippen LogP contribution is 2.30. The zero-order valence-corrected chi connectivity index (χ0v) is 10.7. The number of rotatable bonds is 3. The van der Waals surface area contributed by atoms with Gasteiger partial charge in [-0.3, -0.25) is 0 Å². The molecule has 0 aliphatic heterocycles. The van der Waals surface area contributed by atoms with E-state index < -0.39 is 12.0 Å². The fourth-order valence-electron chi connectivity index (χ4n) is 2.48. The van der Waals surface area contributed by atoms with Gasteiger partial charge in [0.15, 0.2) is 0 Å². The van der Waals surface area contributed by atoms with Crippen LogP contribution in [0, 0.1) is 5.92 Å². The third-order valence-corrected chi connectivity index (χ3v) is 3.48. The summed E-state index contributed by atoms with van der Waals surface area (Å²) in [5.41, 5.74) is 5.39. The van der Waals surface area contributed by atoms with Crippen molar-refractivity contribution >= 4 is 11.6 Å². The Labute approximate surface area is 109 Å². The summed E-state index contributed by atoms with van der Waals surface area (Å²) in [6.45, 7) is 1.96. The van der Waals surface area contributed by atoms with Crippen LogP contribution >= 0.6 is 0 Å². The van der Waals surface area contributed by atoms with Gasteiger partial charge in [-0.2, -0.15) is 13.2 Å². The molecule has 0 spiro atoms. The summed E-state index contributed by atoms with van der Waals surface area (Å²) in [4.78, 5) is 6.70. The summed E-state index contributed by atoms with van der Waals surface area (Å²) >= 11 is 0. The first-order valence-electron chi connectivity index (χ1n) is 6.34. The van der Waals surface area contributed by atoms with Gasteiger partial charge in [0.05, 0.1) is 0 Å². The van der Waals surface area contributed by atoms with E-state index in [4.69, 9.17) is 5.73 Å². The third kappa shape index (κ3) is 3.48. The van der Waals surface area contributed by atoms with Crippen molar-refractivity contribution in [1.29, 1.82) is 0 Å². The van der Waals surface area contributed by atoms with Crippen LogP contribution in [0.5, 0.6) is 0 Å². The molecule has 1 atom stereocenters. The number of nitrogens with zero attached hydrogens (tertiary/aromatic N) is 2. The molecule has 106 valence electrons. The molecule has 1 fully saturated rings. The number of nitrogen functional groups attached to an aromatic ring is 1. The Morgan fingerprint density at radius 1 is 1.32 bits per heavy atom. The average molecular weight is 274 g/mol. The summed E-state index contributed by atoms with van der Waals surface area (Å²) in [6, 6.07) is 1.42. The average Bonchev–Trinajstić information content (AvgIpc) is 2.80. The lowest BCUT2D eigenvalue weighted by Crippen LogP contribution is -2.25. The Balaban J connectivity index is 2.13. The van der Waals surface area contributed by atoms with E-state index in [9.17, 15) is 13.2 Å². The van der Waals surface area contributed by atoms with Crippen LogP contribution in [0.2, 0.25) is 0 Å². The van der Waals surface area contributed by atoms with Crippen LogP contribution in [0.25, 0.3) is 0 Å². The van der Waals surface area contributed by atoms with Gasteiger partial charge < -0.3 is 11.1 Å². The molecule has 0 bridgehead atoms. The van der Waals surface area contributed by atoms with Crippen molar-refractivity contribution in [2.24, 2.45) is 5.92 Å². The van der Waals surface area contributed by atoms with Crippen molar-refractivity contribution in [1.82, 2.24) is 9.97 Å². The van der Waals surface area contributed by atoms with Gasteiger partial charge in [-0.25, -0.2) is 9.97 Å². The Morgan fingerprint density at radius 3 is 2.53 bits per heavy atom. The second-order valence-electron chi connectivity index (χ2n) is 4.98. The molecule has 1 aromatic rings. The highest BCUT2D eigenvalue weighted by molar-refractivity contribution is 5.45. The molecule has 7 heteroatoms. The number of anilines is 2. The largest absolute Gasteiger partial charge is 0.451 e. The van der Waals surface area contributed by atoms with Crippen LogP contribution in [0.3, 0.4) is 0 Å². The highest BCUT2D eigenvalue weighted by atomic mass is 19.4. The molecule has 1 saturated carbocycles. The summed E-state index contributed by atoms with van der Waals surface area (Å²) in [6.07, 6.45) is -0.0308. The minimum atomic E-state index is -4.58. The molecule has 19 heavy (non-hydrogen) atoms. The monoisotopic (exact) mass is 274 g/mol. The predicted octanol–water partition coefficient (Wildman–Crippen LogP) is 3.07. The zero-order chi connectivity index (χ0) is 14.0. The molecule has 0 aromatic carbocycles. The number of halogens is 3. The SMILES string of the molecule is CC(Nc1cc(N)nc(C(F)(F)F)n1)C1CCCC1. The number of hydrogen-bond acceptors (Lipinski definition) is 4. The standard InChI is InChI=1S/C12H17F3N4/c1-7(8-4-2-3-5-8)17-10-6-9(16)18-11(19-10)12(13,14)15/h6-8H,2-5H2,1H3,(H3,16,17,18,19). The second-order valence-corrected chi connectivity index (χ2v) is 4.98. The highest BCUT2D eigenvalue weighted by Gasteiger charge is 2.35. The predicted molar refractivity (Wildman–Crippen MR) is 66.5 cm³/mol. The third-order valence-electron chi connectivity index (χ3n) is 3.48. The van der Waals surface area contributed by atoms with Gasteiger partial charge in [0.2, 0.25) is 5.82 Å². The summed E-state index contributed by atoms with van der Waals surface area (Å²) in [7, 11) is 0. The number of nitrogens with one attached hydrogen (secondary N) is 1. The van der Waals surface area contributed by atoms with E-state index in [0.717, 1.165) is 12.8 Å². The van der Waals surface area contributed by atoms with E-state index in [-0.39, 0.29) is 17.7 Å². The van der Waals surface area contributed by atoms with Gasteiger partial charge in [0.25, 0.3) is 0 Å². The van der Waals surface area contributed by atoms with E-state index in [0.29, 0.717) is 5.92 Å². The van der Waals surface area contributed by atoms with Crippen molar-refractivity contribution in [3.8, 4) is 0 Å². The second kappa shape index (κ2) is 5.22. The van der Waals surface area contributed by atoms with E-state index in [2.05, 4.69) is 15.3 Å². The smallest absolute Gasteiger partial charge is 0.384 e. The zero-order valence-electron chi connectivity index (χ0n) is 10.7. The first-order valence-corrected chi connectivity index (χ1v) is 6.34. The Kier molecular flexibility index (Phi) is 3.82. The maximum absolute atomic E-state index is 12.6. The van der Waals surface area contributed by atoms with Crippen molar-refractivity contribution in [3.05, 3.63) is 11.9 Å². The fourth-order valence-corrected chi connectivity index (χ4v) is 2.48. The first kappa shape index (κ1) is 13.9. The quantitative estimate of drug-likeness (QED) is 0.889. The molecule has 1 aliphatic rings. The van der Waals surface area contributed by atoms with Gasteiger partial charge >= 0.3 is 6.18 Å². The molecular weight excluding hydrogens is 257 g/mol. The van der Waals surface area contributed by atoms with Crippen LogP contribution < -0.4 is 11.1 Å². The molecule has 0 radical (unpaired) electrons.